The van der Waals surface area contributed by atoms with Crippen molar-refractivity contribution in [3.63, 3.8) is 0 Å². The van der Waals surface area contributed by atoms with E-state index >= 15 is 0 Å². The summed E-state index contributed by atoms with van der Waals surface area (Å²) in [6.07, 6.45) is 0. The lowest BCUT2D eigenvalue weighted by Crippen LogP contribution is -2.49. The fourth-order valence-corrected chi connectivity index (χ4v) is 1.21. The number of rotatable bonds is 8. The molecule has 0 fully saturated rings. The molecule has 1 atom stereocenters. The van der Waals surface area contributed by atoms with Crippen LogP contribution in [0.4, 0.5) is 0 Å². The Morgan fingerprint density at radius 2 is 1.75 bits per heavy atom. The van der Waals surface area contributed by atoms with E-state index in [-0.39, 0.29) is 24.2 Å². The smallest absolute Gasteiger partial charge is 0.242 e. The Labute approximate surface area is 127 Å². The van der Waals surface area contributed by atoms with Gasteiger partial charge in [-0.2, -0.15) is 0 Å². The van der Waals surface area contributed by atoms with Crippen molar-refractivity contribution in [3.8, 4) is 0 Å². The first kappa shape index (κ1) is 21.4. The lowest BCUT2D eigenvalue weighted by Gasteiger charge is -2.21. The van der Waals surface area contributed by atoms with Gasteiger partial charge in [0.2, 0.25) is 11.8 Å². The normalized spacial score (nSPS) is 12.2. The van der Waals surface area contributed by atoms with Gasteiger partial charge in [0.1, 0.15) is 6.04 Å². The summed E-state index contributed by atoms with van der Waals surface area (Å²) in [5, 5.41) is 8.57. The van der Waals surface area contributed by atoms with E-state index in [2.05, 4.69) is 16.0 Å². The minimum Gasteiger partial charge on any atom is -0.383 e. The third-order valence-electron chi connectivity index (χ3n) is 2.51. The molecule has 0 aromatic carbocycles. The zero-order chi connectivity index (χ0) is 14.9. The van der Waals surface area contributed by atoms with Crippen LogP contribution in [0.15, 0.2) is 0 Å². The van der Waals surface area contributed by atoms with E-state index in [9.17, 15) is 9.59 Å². The minimum atomic E-state index is -0.522. The van der Waals surface area contributed by atoms with Gasteiger partial charge in [0, 0.05) is 32.2 Å². The molecule has 0 saturated heterocycles. The fourth-order valence-electron chi connectivity index (χ4n) is 1.21. The lowest BCUT2D eigenvalue weighted by molar-refractivity contribution is -0.133. The fraction of sp³-hybridized carbons (Fsp3) is 0.846. The van der Waals surface area contributed by atoms with E-state index < -0.39 is 11.5 Å². The Morgan fingerprint density at radius 1 is 1.15 bits per heavy atom. The van der Waals surface area contributed by atoms with E-state index in [4.69, 9.17) is 4.74 Å². The molecule has 3 N–H and O–H groups in total. The van der Waals surface area contributed by atoms with Gasteiger partial charge >= 0.3 is 0 Å². The zero-order valence-corrected chi connectivity index (χ0v) is 13.9. The second-order valence-electron chi connectivity index (χ2n) is 5.48. The van der Waals surface area contributed by atoms with Crippen molar-refractivity contribution in [2.45, 2.75) is 33.7 Å². The zero-order valence-electron chi connectivity index (χ0n) is 13.0. The standard InChI is InChI=1S/C13H27N3O3.ClH/c1-10(16-12(18)13(2,3)4)11(17)15-7-6-14-8-9-19-5;/h10,14H,6-9H2,1-5H3,(H,15,17)(H,16,18);1H. The molecule has 0 spiro atoms. The van der Waals surface area contributed by atoms with Crippen molar-refractivity contribution in [3.05, 3.63) is 0 Å². The third kappa shape index (κ3) is 10.00. The van der Waals surface area contributed by atoms with Gasteiger partial charge in [-0.25, -0.2) is 0 Å². The molecule has 0 rings (SSSR count). The van der Waals surface area contributed by atoms with Crippen LogP contribution in [0, 0.1) is 5.41 Å². The van der Waals surface area contributed by atoms with Crippen molar-refractivity contribution in [1.82, 2.24) is 16.0 Å². The molecule has 0 saturated carbocycles. The van der Waals surface area contributed by atoms with Crippen molar-refractivity contribution >= 4 is 24.2 Å². The van der Waals surface area contributed by atoms with Gasteiger partial charge in [-0.15, -0.1) is 12.4 Å². The van der Waals surface area contributed by atoms with Crippen molar-refractivity contribution in [2.24, 2.45) is 5.41 Å². The monoisotopic (exact) mass is 309 g/mol. The lowest BCUT2D eigenvalue weighted by atomic mass is 9.95. The first-order valence-corrected chi connectivity index (χ1v) is 6.57. The molecule has 20 heavy (non-hydrogen) atoms. The molecule has 0 heterocycles. The average Bonchev–Trinajstić information content (AvgIpc) is 2.31. The number of nitrogens with one attached hydrogen (secondary N) is 3. The molecule has 0 aliphatic rings. The molecule has 1 unspecified atom stereocenters. The highest BCUT2D eigenvalue weighted by atomic mass is 35.5. The number of amides is 2. The van der Waals surface area contributed by atoms with E-state index in [1.165, 1.54) is 0 Å². The van der Waals surface area contributed by atoms with Crippen LogP contribution in [0.2, 0.25) is 0 Å². The largest absolute Gasteiger partial charge is 0.383 e. The summed E-state index contributed by atoms with van der Waals surface area (Å²) >= 11 is 0. The number of methoxy groups -OCH3 is 1. The van der Waals surface area contributed by atoms with Crippen LogP contribution < -0.4 is 16.0 Å². The highest BCUT2D eigenvalue weighted by molar-refractivity contribution is 5.89. The molecule has 0 bridgehead atoms. The number of ether oxygens (including phenoxy) is 1. The number of carbonyl (C=O) groups is 2. The van der Waals surface area contributed by atoms with E-state index in [1.807, 2.05) is 20.8 Å². The molecule has 120 valence electrons. The molecule has 0 aliphatic carbocycles. The van der Waals surface area contributed by atoms with Crippen molar-refractivity contribution in [1.29, 1.82) is 0 Å². The van der Waals surface area contributed by atoms with E-state index in [0.29, 0.717) is 19.7 Å². The van der Waals surface area contributed by atoms with Crippen LogP contribution in [0.3, 0.4) is 0 Å². The van der Waals surface area contributed by atoms with Crippen LogP contribution in [-0.4, -0.2) is 51.2 Å². The molecule has 0 aromatic rings. The first-order chi connectivity index (χ1) is 8.79. The summed E-state index contributed by atoms with van der Waals surface area (Å²) in [5.74, 6) is -0.306. The second kappa shape index (κ2) is 10.9. The number of hydrogen-bond acceptors (Lipinski definition) is 4. The van der Waals surface area contributed by atoms with Crippen LogP contribution in [0.1, 0.15) is 27.7 Å². The van der Waals surface area contributed by atoms with E-state index in [0.717, 1.165) is 6.54 Å². The summed E-state index contributed by atoms with van der Waals surface area (Å²) in [6.45, 7) is 9.71. The topological polar surface area (TPSA) is 79.5 Å². The highest BCUT2D eigenvalue weighted by Crippen LogP contribution is 2.12. The summed E-state index contributed by atoms with van der Waals surface area (Å²) < 4.78 is 4.89. The first-order valence-electron chi connectivity index (χ1n) is 6.57. The maximum absolute atomic E-state index is 11.7. The van der Waals surface area contributed by atoms with Gasteiger partial charge in [-0.05, 0) is 6.92 Å². The molecule has 0 aliphatic heterocycles. The van der Waals surface area contributed by atoms with Gasteiger partial charge in [0.05, 0.1) is 6.61 Å². The van der Waals surface area contributed by atoms with E-state index in [1.54, 1.807) is 14.0 Å². The van der Waals surface area contributed by atoms with Crippen LogP contribution in [0.25, 0.3) is 0 Å². The maximum atomic E-state index is 11.7. The summed E-state index contributed by atoms with van der Waals surface area (Å²) in [7, 11) is 1.64. The minimum absolute atomic E-state index is 0. The Balaban J connectivity index is 0. The van der Waals surface area contributed by atoms with Gasteiger partial charge in [0.25, 0.3) is 0 Å². The number of carbonyl (C=O) groups excluding carboxylic acids is 2. The average molecular weight is 310 g/mol. The quantitative estimate of drug-likeness (QED) is 0.564. The Hall–Kier alpha value is -0.850. The summed E-state index contributed by atoms with van der Waals surface area (Å²) in [5.41, 5.74) is -0.490. The molecule has 0 radical (unpaired) electrons. The van der Waals surface area contributed by atoms with Gasteiger partial charge in [0.15, 0.2) is 0 Å². The molecule has 6 nitrogen and oxygen atoms in total. The Bertz CT molecular complexity index is 293. The van der Waals surface area contributed by atoms with Crippen molar-refractivity contribution in [2.75, 3.05) is 33.4 Å². The number of hydrogen-bond donors (Lipinski definition) is 3. The van der Waals surface area contributed by atoms with Gasteiger partial charge in [-0.3, -0.25) is 9.59 Å². The molecule has 7 heteroatoms. The van der Waals surface area contributed by atoms with Crippen LogP contribution in [0.5, 0.6) is 0 Å². The summed E-state index contributed by atoms with van der Waals surface area (Å²) in [6, 6.07) is -0.522. The van der Waals surface area contributed by atoms with Gasteiger partial charge < -0.3 is 20.7 Å². The van der Waals surface area contributed by atoms with Crippen molar-refractivity contribution < 1.29 is 14.3 Å². The maximum Gasteiger partial charge on any atom is 0.242 e. The highest BCUT2D eigenvalue weighted by Gasteiger charge is 2.24. The van der Waals surface area contributed by atoms with Gasteiger partial charge in [-0.1, -0.05) is 20.8 Å². The molecule has 2 amide bonds. The Morgan fingerprint density at radius 3 is 2.25 bits per heavy atom. The predicted molar refractivity (Wildman–Crippen MR) is 82.1 cm³/mol. The predicted octanol–water partition coefficient (Wildman–Crippen LogP) is 0.311. The number of halogens is 1. The Kier molecular flexibility index (Phi) is 11.7. The second-order valence-corrected chi connectivity index (χ2v) is 5.48. The van der Waals surface area contributed by atoms with Crippen LogP contribution in [-0.2, 0) is 14.3 Å². The summed E-state index contributed by atoms with van der Waals surface area (Å²) in [4.78, 5) is 23.4. The molecular weight excluding hydrogens is 282 g/mol. The third-order valence-corrected chi connectivity index (χ3v) is 2.51. The van der Waals surface area contributed by atoms with Crippen LogP contribution >= 0.6 is 12.4 Å². The molecular formula is C13H28ClN3O3. The molecule has 0 aromatic heterocycles. The SMILES string of the molecule is COCCNCCNC(=O)C(C)NC(=O)C(C)(C)C.Cl.